The molecular weight excluding hydrogens is 341 g/mol. The summed E-state index contributed by atoms with van der Waals surface area (Å²) < 4.78 is 14.0. The van der Waals surface area contributed by atoms with Crippen LogP contribution in [0.4, 0.5) is 10.3 Å². The number of benzene rings is 2. The molecule has 6 heteroatoms. The average molecular weight is 363 g/mol. The monoisotopic (exact) mass is 363 g/mol. The molecule has 27 heavy (non-hydrogen) atoms. The summed E-state index contributed by atoms with van der Waals surface area (Å²) in [6.07, 6.45) is 3.66. The molecule has 138 valence electrons. The van der Waals surface area contributed by atoms with E-state index < -0.39 is 0 Å². The predicted octanol–water partition coefficient (Wildman–Crippen LogP) is 3.75. The number of piperidine rings is 1. The van der Waals surface area contributed by atoms with Crippen molar-refractivity contribution in [2.75, 3.05) is 18.4 Å². The molecule has 5 nitrogen and oxygen atoms in total. The molecule has 0 aliphatic carbocycles. The fraction of sp³-hybridized carbons (Fsp3) is 0.286. The van der Waals surface area contributed by atoms with Gasteiger partial charge in [0.15, 0.2) is 0 Å². The number of nitrogens with one attached hydrogen (secondary N) is 1. The van der Waals surface area contributed by atoms with E-state index in [1.807, 2.05) is 6.07 Å². The maximum absolute atomic E-state index is 14.0. The van der Waals surface area contributed by atoms with Crippen LogP contribution in [0.2, 0.25) is 0 Å². The van der Waals surface area contributed by atoms with Crippen molar-refractivity contribution < 1.29 is 4.39 Å². The summed E-state index contributed by atoms with van der Waals surface area (Å²) in [7, 11) is 0. The van der Waals surface area contributed by atoms with Gasteiger partial charge in [0, 0.05) is 24.7 Å². The summed E-state index contributed by atoms with van der Waals surface area (Å²) in [5, 5.41) is 11.5. The normalized spacial score (nSPS) is 17.6. The zero-order chi connectivity index (χ0) is 18.5. The second kappa shape index (κ2) is 8.22. The molecule has 1 saturated heterocycles. The van der Waals surface area contributed by atoms with Crippen LogP contribution >= 0.6 is 0 Å². The summed E-state index contributed by atoms with van der Waals surface area (Å²) in [6, 6.07) is 17.3. The minimum Gasteiger partial charge on any atom is -0.349 e. The van der Waals surface area contributed by atoms with Gasteiger partial charge < -0.3 is 5.32 Å². The molecule has 3 aromatic rings. The van der Waals surface area contributed by atoms with Gasteiger partial charge in [0.25, 0.3) is 0 Å². The summed E-state index contributed by atoms with van der Waals surface area (Å²) in [5.41, 5.74) is 2.24. The highest BCUT2D eigenvalue weighted by Crippen LogP contribution is 2.21. The van der Waals surface area contributed by atoms with E-state index >= 15 is 0 Å². The molecule has 1 fully saturated rings. The van der Waals surface area contributed by atoms with Gasteiger partial charge in [-0.2, -0.15) is 5.10 Å². The molecule has 1 aliphatic rings. The number of aromatic nitrogens is 3. The van der Waals surface area contributed by atoms with Gasteiger partial charge in [-0.3, -0.25) is 4.90 Å². The Labute approximate surface area is 158 Å². The molecular formula is C21H22FN5. The molecule has 4 rings (SSSR count). The summed E-state index contributed by atoms with van der Waals surface area (Å²) in [4.78, 5) is 6.90. The molecule has 1 N–H and O–H groups in total. The van der Waals surface area contributed by atoms with Gasteiger partial charge in [-0.1, -0.05) is 42.5 Å². The first kappa shape index (κ1) is 17.5. The van der Waals surface area contributed by atoms with Gasteiger partial charge in [-0.15, -0.1) is 5.10 Å². The number of hydrogen-bond donors (Lipinski definition) is 1. The minimum atomic E-state index is -0.310. The van der Waals surface area contributed by atoms with Crippen molar-refractivity contribution in [2.24, 2.45) is 0 Å². The van der Waals surface area contributed by atoms with Crippen LogP contribution in [0.25, 0.3) is 11.3 Å². The van der Waals surface area contributed by atoms with E-state index in [9.17, 15) is 4.39 Å². The van der Waals surface area contributed by atoms with Crippen molar-refractivity contribution in [1.82, 2.24) is 20.1 Å². The smallest absolute Gasteiger partial charge is 0.243 e. The van der Waals surface area contributed by atoms with Gasteiger partial charge >= 0.3 is 0 Å². The molecule has 1 aromatic heterocycles. The third-order valence-corrected chi connectivity index (χ3v) is 4.80. The molecule has 1 atom stereocenters. The number of halogens is 1. The Hall–Kier alpha value is -2.86. The van der Waals surface area contributed by atoms with Crippen LogP contribution in [-0.4, -0.2) is 39.2 Å². The zero-order valence-electron chi connectivity index (χ0n) is 15.1. The van der Waals surface area contributed by atoms with Crippen LogP contribution in [0.5, 0.6) is 0 Å². The fourth-order valence-corrected chi connectivity index (χ4v) is 3.50. The van der Waals surface area contributed by atoms with E-state index in [1.165, 1.54) is 17.8 Å². The molecule has 0 unspecified atom stereocenters. The van der Waals surface area contributed by atoms with Crippen LogP contribution in [0.1, 0.15) is 18.4 Å². The summed E-state index contributed by atoms with van der Waals surface area (Å²) in [5.74, 6) is 0.137. The molecule has 1 aliphatic heterocycles. The lowest BCUT2D eigenvalue weighted by atomic mass is 10.0. The third-order valence-electron chi connectivity index (χ3n) is 4.80. The van der Waals surface area contributed by atoms with Crippen LogP contribution in [-0.2, 0) is 6.54 Å². The second-order valence-corrected chi connectivity index (χ2v) is 6.85. The lowest BCUT2D eigenvalue weighted by Gasteiger charge is -2.33. The van der Waals surface area contributed by atoms with E-state index in [2.05, 4.69) is 49.7 Å². The number of likely N-dealkylation sites (tertiary alicyclic amines) is 1. The molecule has 0 bridgehead atoms. The van der Waals surface area contributed by atoms with Crippen LogP contribution in [0.15, 0.2) is 60.8 Å². The number of anilines is 1. The summed E-state index contributed by atoms with van der Waals surface area (Å²) >= 11 is 0. The van der Waals surface area contributed by atoms with Crippen LogP contribution in [0, 0.1) is 5.82 Å². The zero-order valence-corrected chi connectivity index (χ0v) is 15.1. The lowest BCUT2D eigenvalue weighted by molar-refractivity contribution is 0.208. The third kappa shape index (κ3) is 4.46. The molecule has 0 saturated carbocycles. The second-order valence-electron chi connectivity index (χ2n) is 6.85. The Morgan fingerprint density at radius 1 is 1.07 bits per heavy atom. The number of rotatable bonds is 5. The quantitative estimate of drug-likeness (QED) is 0.748. The largest absolute Gasteiger partial charge is 0.349 e. The van der Waals surface area contributed by atoms with Crippen LogP contribution < -0.4 is 5.32 Å². The topological polar surface area (TPSA) is 53.9 Å². The number of nitrogens with zero attached hydrogens (tertiary/aromatic N) is 4. The molecule has 0 radical (unpaired) electrons. The maximum atomic E-state index is 14.0. The van der Waals surface area contributed by atoms with Crippen molar-refractivity contribution in [2.45, 2.75) is 25.4 Å². The highest BCUT2D eigenvalue weighted by molar-refractivity contribution is 5.59. The van der Waals surface area contributed by atoms with E-state index in [4.69, 9.17) is 0 Å². The van der Waals surface area contributed by atoms with Crippen LogP contribution in [0.3, 0.4) is 0 Å². The van der Waals surface area contributed by atoms with E-state index in [0.29, 0.717) is 17.2 Å². The van der Waals surface area contributed by atoms with E-state index in [-0.39, 0.29) is 11.9 Å². The summed E-state index contributed by atoms with van der Waals surface area (Å²) in [6.45, 7) is 2.94. The van der Waals surface area contributed by atoms with Gasteiger partial charge in [-0.25, -0.2) is 9.37 Å². The van der Waals surface area contributed by atoms with Gasteiger partial charge in [0.1, 0.15) is 5.82 Å². The predicted molar refractivity (Wildman–Crippen MR) is 104 cm³/mol. The van der Waals surface area contributed by atoms with E-state index in [1.54, 1.807) is 18.2 Å². The van der Waals surface area contributed by atoms with E-state index in [0.717, 1.165) is 32.5 Å². The standard InChI is InChI=1S/C21H22FN5/c22-19-11-5-4-10-18(19)20-13-23-26-21(25-20)24-17-9-6-12-27(15-17)14-16-7-2-1-3-8-16/h1-5,7-8,10-11,13,17H,6,9,12,14-15H2,(H,24,25,26)/t17-/m1/s1. The Balaban J connectivity index is 1.43. The Bertz CT molecular complexity index is 887. The highest BCUT2D eigenvalue weighted by atomic mass is 19.1. The average Bonchev–Trinajstić information content (AvgIpc) is 2.70. The Morgan fingerprint density at radius 3 is 2.74 bits per heavy atom. The lowest BCUT2D eigenvalue weighted by Crippen LogP contribution is -2.41. The van der Waals surface area contributed by atoms with Gasteiger partial charge in [0.2, 0.25) is 5.95 Å². The SMILES string of the molecule is Fc1ccccc1-c1cnnc(N[C@@H]2CCCN(Cc3ccccc3)C2)n1. The van der Waals surface area contributed by atoms with Crippen molar-refractivity contribution in [1.29, 1.82) is 0 Å². The number of hydrogen-bond acceptors (Lipinski definition) is 5. The first-order valence-electron chi connectivity index (χ1n) is 9.25. The maximum Gasteiger partial charge on any atom is 0.243 e. The van der Waals surface area contributed by atoms with Gasteiger partial charge in [0.05, 0.1) is 11.9 Å². The highest BCUT2D eigenvalue weighted by Gasteiger charge is 2.21. The minimum absolute atomic E-state index is 0.250. The Kier molecular flexibility index (Phi) is 5.34. The van der Waals surface area contributed by atoms with Crippen molar-refractivity contribution in [3.63, 3.8) is 0 Å². The molecule has 2 aromatic carbocycles. The molecule has 2 heterocycles. The van der Waals surface area contributed by atoms with Gasteiger partial charge in [-0.05, 0) is 37.1 Å². The fourth-order valence-electron chi connectivity index (χ4n) is 3.50. The Morgan fingerprint density at radius 2 is 1.89 bits per heavy atom. The molecule has 0 spiro atoms. The van der Waals surface area contributed by atoms with Crippen molar-refractivity contribution in [3.8, 4) is 11.3 Å². The van der Waals surface area contributed by atoms with Crippen molar-refractivity contribution >= 4 is 5.95 Å². The first-order chi connectivity index (χ1) is 13.3. The molecule has 0 amide bonds. The first-order valence-corrected chi connectivity index (χ1v) is 9.25. The van der Waals surface area contributed by atoms with Crippen molar-refractivity contribution in [3.05, 3.63) is 72.2 Å².